The van der Waals surface area contributed by atoms with Crippen LogP contribution in [0.5, 0.6) is 0 Å². The van der Waals surface area contributed by atoms with Crippen molar-refractivity contribution >= 4 is 49.6 Å². The molecule has 0 rings (SSSR count). The Balaban J connectivity index is -0.0000000408. The molecule has 0 aliphatic carbocycles. The minimum absolute atomic E-state index is 0. The number of nitrogens with two attached hydrogens (primary N) is 1. The van der Waals surface area contributed by atoms with Crippen molar-refractivity contribution in [2.24, 2.45) is 11.7 Å². The van der Waals surface area contributed by atoms with Gasteiger partial charge in [0.2, 0.25) is 0 Å². The fourth-order valence-corrected chi connectivity index (χ4v) is 0.274. The molecule has 0 aliphatic heterocycles. The van der Waals surface area contributed by atoms with E-state index in [2.05, 4.69) is 0 Å². The largest absolute Gasteiger partial charge is 0.396 e. The molecule has 0 radical (unpaired) electrons. The highest BCUT2D eigenvalue weighted by Crippen LogP contribution is 1.93. The summed E-state index contributed by atoms with van der Waals surface area (Å²) in [5.41, 5.74) is 4.89. The Morgan fingerprint density at radius 1 is 0.917 bits per heavy atom. The standard InChI is InChI=1S/C4H11NO3.4ClH/c5-4(8)3(1-6)2-7;;;;/h3-4,6-8H,1-2,5H2;4*1H. The van der Waals surface area contributed by atoms with Crippen LogP contribution in [0.15, 0.2) is 0 Å². The summed E-state index contributed by atoms with van der Waals surface area (Å²) in [4.78, 5) is 0. The van der Waals surface area contributed by atoms with Gasteiger partial charge in [0.15, 0.2) is 0 Å². The van der Waals surface area contributed by atoms with E-state index in [0.29, 0.717) is 0 Å². The van der Waals surface area contributed by atoms with E-state index in [-0.39, 0.29) is 62.8 Å². The highest BCUT2D eigenvalue weighted by atomic mass is 35.5. The Morgan fingerprint density at radius 3 is 1.17 bits per heavy atom. The quantitative estimate of drug-likeness (QED) is 0.522. The molecule has 0 aromatic heterocycles. The Labute approximate surface area is 96.2 Å². The second kappa shape index (κ2) is 17.9. The van der Waals surface area contributed by atoms with Crippen LogP contribution in [-0.4, -0.2) is 34.8 Å². The molecule has 12 heavy (non-hydrogen) atoms. The molecule has 0 saturated heterocycles. The van der Waals surface area contributed by atoms with Crippen molar-refractivity contribution in [3.63, 3.8) is 0 Å². The average Bonchev–Trinajstić information content (AvgIpc) is 1.69. The van der Waals surface area contributed by atoms with Crippen LogP contribution in [0.2, 0.25) is 0 Å². The van der Waals surface area contributed by atoms with Crippen molar-refractivity contribution in [3.8, 4) is 0 Å². The Hall–Kier alpha value is 1.000. The monoisotopic (exact) mass is 265 g/mol. The van der Waals surface area contributed by atoms with Crippen LogP contribution in [-0.2, 0) is 0 Å². The van der Waals surface area contributed by atoms with Gasteiger partial charge in [0.25, 0.3) is 0 Å². The zero-order valence-electron chi connectivity index (χ0n) is 6.12. The minimum Gasteiger partial charge on any atom is -0.396 e. The summed E-state index contributed by atoms with van der Waals surface area (Å²) in [7, 11) is 0. The molecule has 0 saturated carbocycles. The third kappa shape index (κ3) is 13.6. The first-order valence-corrected chi connectivity index (χ1v) is 2.37. The van der Waals surface area contributed by atoms with E-state index in [9.17, 15) is 0 Å². The van der Waals surface area contributed by atoms with E-state index in [1.54, 1.807) is 0 Å². The lowest BCUT2D eigenvalue weighted by Crippen LogP contribution is -2.34. The molecule has 8 heteroatoms. The normalized spacial score (nSPS) is 9.75. The summed E-state index contributed by atoms with van der Waals surface area (Å²) < 4.78 is 0. The lowest BCUT2D eigenvalue weighted by atomic mass is 10.1. The lowest BCUT2D eigenvalue weighted by molar-refractivity contribution is 0.0360. The predicted molar refractivity (Wildman–Crippen MR) is 56.8 cm³/mol. The van der Waals surface area contributed by atoms with E-state index in [4.69, 9.17) is 21.1 Å². The van der Waals surface area contributed by atoms with Crippen molar-refractivity contribution in [1.29, 1.82) is 0 Å². The Bertz CT molecular complexity index is 64.3. The zero-order chi connectivity index (χ0) is 6.57. The first kappa shape index (κ1) is 29.2. The van der Waals surface area contributed by atoms with Crippen LogP contribution in [0, 0.1) is 5.92 Å². The van der Waals surface area contributed by atoms with E-state index < -0.39 is 12.1 Å². The zero-order valence-corrected chi connectivity index (χ0v) is 9.39. The van der Waals surface area contributed by atoms with E-state index >= 15 is 0 Å². The van der Waals surface area contributed by atoms with E-state index in [0.717, 1.165) is 0 Å². The van der Waals surface area contributed by atoms with Crippen LogP contribution in [0.4, 0.5) is 0 Å². The van der Waals surface area contributed by atoms with Crippen LogP contribution in [0.1, 0.15) is 0 Å². The summed E-state index contributed by atoms with van der Waals surface area (Å²) in [5, 5.41) is 25.1. The molecule has 0 heterocycles. The molecule has 0 aromatic carbocycles. The van der Waals surface area contributed by atoms with Crippen molar-refractivity contribution in [3.05, 3.63) is 0 Å². The predicted octanol–water partition coefficient (Wildman–Crippen LogP) is -0.448. The highest BCUT2D eigenvalue weighted by molar-refractivity contribution is 5.86. The molecule has 0 aliphatic rings. The van der Waals surface area contributed by atoms with Gasteiger partial charge in [0, 0.05) is 5.92 Å². The third-order valence-electron chi connectivity index (χ3n) is 0.952. The second-order valence-electron chi connectivity index (χ2n) is 1.62. The number of halogens is 4. The Kier molecular flexibility index (Phi) is 43.7. The smallest absolute Gasteiger partial charge is 0.109 e. The van der Waals surface area contributed by atoms with Gasteiger partial charge in [-0.2, -0.15) is 0 Å². The molecular weight excluding hydrogens is 252 g/mol. The topological polar surface area (TPSA) is 86.7 Å². The SMILES string of the molecule is Cl.Cl.Cl.Cl.NC(O)C(CO)CO. The third-order valence-corrected chi connectivity index (χ3v) is 0.952. The van der Waals surface area contributed by atoms with Crippen LogP contribution in [0.25, 0.3) is 0 Å². The average molecular weight is 267 g/mol. The van der Waals surface area contributed by atoms with E-state index in [1.165, 1.54) is 0 Å². The maximum atomic E-state index is 8.47. The van der Waals surface area contributed by atoms with Crippen LogP contribution >= 0.6 is 49.6 Å². The molecule has 1 unspecified atom stereocenters. The molecule has 4 nitrogen and oxygen atoms in total. The lowest BCUT2D eigenvalue weighted by Gasteiger charge is -2.12. The van der Waals surface area contributed by atoms with Crippen molar-refractivity contribution in [2.45, 2.75) is 6.23 Å². The van der Waals surface area contributed by atoms with Gasteiger partial charge in [-0.3, -0.25) is 0 Å². The van der Waals surface area contributed by atoms with Crippen molar-refractivity contribution < 1.29 is 15.3 Å². The first-order chi connectivity index (χ1) is 3.72. The first-order valence-electron chi connectivity index (χ1n) is 2.37. The molecule has 0 fully saturated rings. The van der Waals surface area contributed by atoms with Gasteiger partial charge >= 0.3 is 0 Å². The molecule has 82 valence electrons. The molecule has 0 spiro atoms. The molecule has 1 atom stereocenters. The van der Waals surface area contributed by atoms with Gasteiger partial charge in [0.05, 0.1) is 13.2 Å². The van der Waals surface area contributed by atoms with Gasteiger partial charge in [-0.15, -0.1) is 49.6 Å². The summed E-state index contributed by atoms with van der Waals surface area (Å²) in [5.74, 6) is -0.602. The Morgan fingerprint density at radius 2 is 1.17 bits per heavy atom. The summed E-state index contributed by atoms with van der Waals surface area (Å²) >= 11 is 0. The maximum absolute atomic E-state index is 8.47. The highest BCUT2D eigenvalue weighted by Gasteiger charge is 2.11. The number of hydrogen-bond donors (Lipinski definition) is 4. The van der Waals surface area contributed by atoms with Gasteiger partial charge in [0.1, 0.15) is 6.23 Å². The summed E-state index contributed by atoms with van der Waals surface area (Å²) in [6.07, 6.45) is -1.12. The van der Waals surface area contributed by atoms with Gasteiger partial charge < -0.3 is 21.1 Å². The molecule has 5 N–H and O–H groups in total. The van der Waals surface area contributed by atoms with Gasteiger partial charge in [-0.25, -0.2) is 0 Å². The van der Waals surface area contributed by atoms with Gasteiger partial charge in [-0.1, -0.05) is 0 Å². The summed E-state index contributed by atoms with van der Waals surface area (Å²) in [6, 6.07) is 0. The number of aliphatic hydroxyl groups is 3. The molecular formula is C4H15Cl4NO3. The van der Waals surface area contributed by atoms with E-state index in [1.807, 2.05) is 0 Å². The fourth-order valence-electron chi connectivity index (χ4n) is 0.274. The number of hydrogen-bond acceptors (Lipinski definition) is 4. The minimum atomic E-state index is -1.12. The van der Waals surface area contributed by atoms with Crippen molar-refractivity contribution in [2.75, 3.05) is 13.2 Å². The molecule has 0 aromatic rings. The molecule has 0 amide bonds. The number of rotatable bonds is 3. The summed E-state index contributed by atoms with van der Waals surface area (Å²) in [6.45, 7) is -0.567. The maximum Gasteiger partial charge on any atom is 0.109 e. The van der Waals surface area contributed by atoms with Crippen molar-refractivity contribution in [1.82, 2.24) is 0 Å². The van der Waals surface area contributed by atoms with Gasteiger partial charge in [-0.05, 0) is 0 Å². The second-order valence-corrected chi connectivity index (χ2v) is 1.62. The number of aliphatic hydroxyl groups excluding tert-OH is 3. The fraction of sp³-hybridized carbons (Fsp3) is 1.00. The molecule has 0 bridgehead atoms. The van der Waals surface area contributed by atoms with Crippen LogP contribution < -0.4 is 5.73 Å². The van der Waals surface area contributed by atoms with Crippen LogP contribution in [0.3, 0.4) is 0 Å².